The number of rotatable bonds is 14. The first-order valence-electron chi connectivity index (χ1n) is 27.0. The van der Waals surface area contributed by atoms with Crippen LogP contribution in [0.3, 0.4) is 0 Å². The van der Waals surface area contributed by atoms with Crippen molar-refractivity contribution in [1.82, 2.24) is 36.8 Å². The lowest BCUT2D eigenvalue weighted by Gasteiger charge is -2.30. The van der Waals surface area contributed by atoms with Crippen LogP contribution in [0, 0.1) is 5.92 Å². The van der Waals surface area contributed by atoms with Crippen molar-refractivity contribution in [2.75, 3.05) is 39.6 Å². The summed E-state index contributed by atoms with van der Waals surface area (Å²) in [4.78, 5) is 119. The lowest BCUT2D eigenvalue weighted by molar-refractivity contribution is -0.139. The van der Waals surface area contributed by atoms with Crippen LogP contribution in [0.2, 0.25) is 5.02 Å². The molecule has 1 saturated heterocycles. The van der Waals surface area contributed by atoms with E-state index < -0.39 is 89.8 Å². The molecule has 20 nitrogen and oxygen atoms in total. The van der Waals surface area contributed by atoms with Crippen LogP contribution in [0.25, 0.3) is 22.3 Å². The lowest BCUT2D eigenvalue weighted by atomic mass is 9.93. The standard InChI is InChI=1S/C48H51ClN6O11.C9H19NO2.C3H6.CH3Cl/c1-26-42(59)54-37(45(62)51-24-34(56)22-32-18-19-50-44(32)61)21-27-6-16-38(57)35(20-27)36-23-31(13-17-39(36)65-47(64)66-48(2,3)4)41(46(63)53-26)55(5)40(58)25-52-43(60)30-9-7-28(8-10-30)29-11-14-33(49)15-12-29;1-5-6-7-10-8(11)12-9(2,3)4;1-3-2;1-2/h6-17,20,23,26,32,37,41,57H,18-19,21-22,24-25H2,1-5H3,(H,50,61)(H,51,62)(H,52,60)(H,53,63)(H,54,59);5-7H2,1-4H3,(H,10,11);3H,1H2,2H3;1H3/t26-,32?,37?,41?;;;/m0.../s1. The topological polar surface area (TPSA) is 277 Å². The first kappa shape index (κ1) is 69.3. The number of nitrogens with one attached hydrogen (secondary N) is 6. The number of phenolic OH excluding ortho intramolecular Hbond substituents is 1. The molecule has 83 heavy (non-hydrogen) atoms. The Hall–Kier alpha value is -7.97. The van der Waals surface area contributed by atoms with Crippen molar-refractivity contribution in [2.45, 2.75) is 124 Å². The van der Waals surface area contributed by atoms with E-state index >= 15 is 0 Å². The van der Waals surface area contributed by atoms with Gasteiger partial charge in [-0.3, -0.25) is 33.6 Å². The second-order valence-electron chi connectivity index (χ2n) is 21.3. The highest BCUT2D eigenvalue weighted by atomic mass is 35.5. The number of halogens is 2. The molecule has 4 aromatic carbocycles. The van der Waals surface area contributed by atoms with Crippen LogP contribution in [0.4, 0.5) is 9.59 Å². The number of fused-ring (bicyclic) bond motifs is 5. The van der Waals surface area contributed by atoms with Gasteiger partial charge in [-0.05, 0) is 139 Å². The van der Waals surface area contributed by atoms with Gasteiger partial charge in [0.2, 0.25) is 29.5 Å². The fraction of sp³-hybridized carbons (Fsp3) is 0.426. The van der Waals surface area contributed by atoms with Crippen molar-refractivity contribution in [3.63, 3.8) is 0 Å². The molecule has 2 aliphatic rings. The Morgan fingerprint density at radius 2 is 1.40 bits per heavy atom. The number of benzene rings is 4. The Morgan fingerprint density at radius 1 is 0.783 bits per heavy atom. The Balaban J connectivity index is 0.000000928. The smallest absolute Gasteiger partial charge is 0.507 e. The van der Waals surface area contributed by atoms with E-state index in [0.29, 0.717) is 30.1 Å². The van der Waals surface area contributed by atoms with E-state index in [-0.39, 0.29) is 58.6 Å². The summed E-state index contributed by atoms with van der Waals surface area (Å²) < 4.78 is 16.1. The van der Waals surface area contributed by atoms with Crippen molar-refractivity contribution in [2.24, 2.45) is 5.92 Å². The number of ketones is 1. The number of alkyl carbamates (subject to hydrolysis) is 1. The third-order valence-electron chi connectivity index (χ3n) is 12.1. The lowest BCUT2D eigenvalue weighted by Crippen LogP contribution is -2.55. The number of carbonyl (C=O) groups excluding carboxylic acids is 9. The summed E-state index contributed by atoms with van der Waals surface area (Å²) >= 11 is 10.7. The van der Waals surface area contributed by atoms with E-state index in [1.165, 1.54) is 56.8 Å². The maximum absolute atomic E-state index is 14.4. The van der Waals surface area contributed by atoms with Crippen molar-refractivity contribution in [3.05, 3.63) is 119 Å². The molecular weight excluding hydrogens is 1110 g/mol. The number of unbranched alkanes of at least 4 members (excludes halogenated alkanes) is 1. The highest BCUT2D eigenvalue weighted by molar-refractivity contribution is 6.30. The Morgan fingerprint density at radius 3 is 1.98 bits per heavy atom. The van der Waals surface area contributed by atoms with Crippen LogP contribution in [0.1, 0.15) is 116 Å². The number of Topliss-reactive ketones (excluding diaryl/α,β-unsaturated/α-hetero) is 1. The van der Waals surface area contributed by atoms with Gasteiger partial charge in [-0.25, -0.2) is 9.59 Å². The van der Waals surface area contributed by atoms with Gasteiger partial charge >= 0.3 is 12.2 Å². The summed E-state index contributed by atoms with van der Waals surface area (Å²) in [5.74, 6) is -5.18. The Kier molecular flexibility index (Phi) is 27.7. The molecular formula is C61H79Cl2N7O13. The molecule has 4 aromatic rings. The van der Waals surface area contributed by atoms with Gasteiger partial charge in [0.1, 0.15) is 40.8 Å². The number of nitrogens with zero attached hydrogens (tertiary/aromatic N) is 1. The van der Waals surface area contributed by atoms with Crippen LogP contribution in [0.5, 0.6) is 11.5 Å². The number of carbonyl (C=O) groups is 9. The molecule has 0 aromatic heterocycles. The minimum absolute atomic E-state index is 0.0790. The number of ether oxygens (including phenoxy) is 3. The number of alkyl halides is 1. The predicted octanol–water partition coefficient (Wildman–Crippen LogP) is 8.74. The van der Waals surface area contributed by atoms with Gasteiger partial charge in [-0.1, -0.05) is 67.4 Å². The van der Waals surface area contributed by atoms with E-state index in [2.05, 4.69) is 57.0 Å². The molecule has 0 spiro atoms. The third-order valence-corrected chi connectivity index (χ3v) is 12.4. The van der Waals surface area contributed by atoms with Crippen LogP contribution in [-0.4, -0.2) is 126 Å². The van der Waals surface area contributed by atoms with E-state index in [4.69, 9.17) is 25.8 Å². The van der Waals surface area contributed by atoms with Crippen molar-refractivity contribution < 1.29 is 62.5 Å². The summed E-state index contributed by atoms with van der Waals surface area (Å²) in [6, 6.07) is 18.4. The maximum Gasteiger partial charge on any atom is 0.514 e. The molecule has 0 radical (unpaired) electrons. The average molecular weight is 1190 g/mol. The molecule has 0 aliphatic carbocycles. The number of allylic oxidation sites excluding steroid dienone is 1. The first-order chi connectivity index (χ1) is 39.1. The summed E-state index contributed by atoms with van der Waals surface area (Å²) in [5, 5.41) is 27.6. The largest absolute Gasteiger partial charge is 0.514 e. The number of hydrogen-bond donors (Lipinski definition) is 7. The van der Waals surface area contributed by atoms with Crippen LogP contribution >= 0.6 is 23.2 Å². The van der Waals surface area contributed by atoms with Gasteiger partial charge in [0.15, 0.2) is 5.78 Å². The van der Waals surface area contributed by atoms with Gasteiger partial charge in [0, 0.05) is 67.0 Å². The summed E-state index contributed by atoms with van der Waals surface area (Å²) in [7, 11) is 1.33. The number of likely N-dealkylation sites (N-methyl/N-ethyl adjacent to an activating group) is 1. The quantitative estimate of drug-likeness (QED) is 0.0205. The maximum atomic E-state index is 14.4. The van der Waals surface area contributed by atoms with Crippen molar-refractivity contribution in [1.29, 1.82) is 0 Å². The average Bonchev–Trinajstić information content (AvgIpc) is 3.83. The molecule has 22 heteroatoms. The molecule has 1 fully saturated rings. The van der Waals surface area contributed by atoms with E-state index in [1.54, 1.807) is 63.2 Å². The van der Waals surface area contributed by atoms with Crippen molar-refractivity contribution in [3.8, 4) is 33.8 Å². The second-order valence-corrected chi connectivity index (χ2v) is 21.7. The van der Waals surface area contributed by atoms with E-state index in [0.717, 1.165) is 28.9 Å². The van der Waals surface area contributed by atoms with Gasteiger partial charge in [0.25, 0.3) is 5.91 Å². The zero-order valence-corrected chi connectivity index (χ0v) is 50.6. The molecule has 3 unspecified atom stereocenters. The monoisotopic (exact) mass is 1190 g/mol. The zero-order valence-electron chi connectivity index (χ0n) is 49.1. The summed E-state index contributed by atoms with van der Waals surface area (Å²) in [6.07, 6.45) is 4.15. The third kappa shape index (κ3) is 23.1. The minimum Gasteiger partial charge on any atom is -0.507 e. The first-order valence-corrected chi connectivity index (χ1v) is 28.1. The zero-order chi connectivity index (χ0) is 62.2. The fourth-order valence-corrected chi connectivity index (χ4v) is 8.24. The molecule has 4 bridgehead atoms. The Labute approximate surface area is 496 Å². The van der Waals surface area contributed by atoms with Gasteiger partial charge in [0.05, 0.1) is 13.1 Å². The van der Waals surface area contributed by atoms with Crippen LogP contribution in [-0.2, 0) is 44.7 Å². The van der Waals surface area contributed by atoms with E-state index in [1.807, 2.05) is 39.8 Å². The van der Waals surface area contributed by atoms with Gasteiger partial charge in [-0.2, -0.15) is 0 Å². The predicted molar refractivity (Wildman–Crippen MR) is 319 cm³/mol. The SMILES string of the molecule is C=CC.CCCCNC(=O)OC(C)(C)C.CCl.C[C@@H]1NC(=O)C(N(C)C(=O)CNC(=O)c2ccc(-c3ccc(Cl)cc3)cc2)c2ccc(OC(=O)OC(C)(C)C)c(c2)-c2cc(ccc2O)CC(C(=O)NCC(=O)CC2CCNC2=O)NC1=O. The van der Waals surface area contributed by atoms with Crippen LogP contribution < -0.4 is 36.6 Å². The van der Waals surface area contributed by atoms with Gasteiger partial charge < -0.3 is 56.1 Å². The molecule has 2 heterocycles. The second kappa shape index (κ2) is 33.2. The fourth-order valence-electron chi connectivity index (χ4n) is 8.11. The molecule has 7 amide bonds. The number of aromatic hydroxyl groups is 1. The van der Waals surface area contributed by atoms with Crippen molar-refractivity contribution >= 4 is 76.7 Å². The van der Waals surface area contributed by atoms with Gasteiger partial charge in [-0.15, -0.1) is 18.2 Å². The molecule has 450 valence electrons. The summed E-state index contributed by atoms with van der Waals surface area (Å²) in [6.45, 7) is 19.4. The highest BCUT2D eigenvalue weighted by Gasteiger charge is 2.34. The minimum atomic E-state index is -1.49. The number of hydrogen-bond acceptors (Lipinski definition) is 13. The normalized spacial score (nSPS) is 16.4. The Bertz CT molecular complexity index is 2900. The van der Waals surface area contributed by atoms with Crippen LogP contribution in [0.15, 0.2) is 97.6 Å². The van der Waals surface area contributed by atoms with E-state index in [9.17, 15) is 48.3 Å². The molecule has 7 N–H and O–H groups in total. The highest BCUT2D eigenvalue weighted by Crippen LogP contribution is 2.40. The molecule has 0 saturated carbocycles. The molecule has 2 aliphatic heterocycles. The molecule has 4 atom stereocenters. The summed E-state index contributed by atoms with van der Waals surface area (Å²) in [5.41, 5.74) is 1.39. The molecule has 6 rings (SSSR count). The number of amides is 7. The number of phenols is 1.